The lowest BCUT2D eigenvalue weighted by Gasteiger charge is -2.32. The smallest absolute Gasteiger partial charge is 0.310 e. The highest BCUT2D eigenvalue weighted by atomic mass is 32.2. The van der Waals surface area contributed by atoms with E-state index in [1.165, 1.54) is 7.11 Å². The van der Waals surface area contributed by atoms with Gasteiger partial charge in [-0.1, -0.05) is 0 Å². The third-order valence-corrected chi connectivity index (χ3v) is 5.94. The zero-order valence-electron chi connectivity index (χ0n) is 11.7. The number of hydrogen-bond donors (Lipinski definition) is 0. The number of methoxy groups -OCH3 is 1. The second-order valence-corrected chi connectivity index (χ2v) is 7.90. The van der Waals surface area contributed by atoms with E-state index in [-0.39, 0.29) is 41.6 Å². The summed E-state index contributed by atoms with van der Waals surface area (Å²) in [5.41, 5.74) is 0. The van der Waals surface area contributed by atoms with Crippen molar-refractivity contribution in [3.8, 4) is 0 Å². The van der Waals surface area contributed by atoms with Crippen LogP contribution in [0.4, 0.5) is 0 Å². The minimum atomic E-state index is -2.94. The molecule has 2 rings (SSSR count). The predicted octanol–water partition coefficient (Wildman–Crippen LogP) is 0.223. The number of carbonyl (C=O) groups excluding carboxylic acids is 2. The Balaban J connectivity index is 1.88. The Morgan fingerprint density at radius 1 is 1.30 bits per heavy atom. The molecule has 0 saturated carbocycles. The Morgan fingerprint density at radius 2 is 2.05 bits per heavy atom. The van der Waals surface area contributed by atoms with Crippen LogP contribution in [0, 0.1) is 11.8 Å². The van der Waals surface area contributed by atoms with E-state index >= 15 is 0 Å². The first-order valence-corrected chi connectivity index (χ1v) is 8.79. The van der Waals surface area contributed by atoms with Crippen LogP contribution in [0.2, 0.25) is 0 Å². The van der Waals surface area contributed by atoms with E-state index in [0.29, 0.717) is 19.5 Å². The fourth-order valence-electron chi connectivity index (χ4n) is 2.97. The molecule has 0 aromatic carbocycles. The highest BCUT2D eigenvalue weighted by molar-refractivity contribution is 7.91. The number of piperidine rings is 1. The molecule has 20 heavy (non-hydrogen) atoms. The summed E-state index contributed by atoms with van der Waals surface area (Å²) in [6.07, 6.45) is 2.37. The van der Waals surface area contributed by atoms with Crippen LogP contribution in [0.15, 0.2) is 0 Å². The molecule has 2 aliphatic heterocycles. The van der Waals surface area contributed by atoms with Crippen molar-refractivity contribution in [3.05, 3.63) is 0 Å². The number of sulfone groups is 1. The van der Waals surface area contributed by atoms with Gasteiger partial charge in [0.15, 0.2) is 9.84 Å². The molecule has 2 fully saturated rings. The van der Waals surface area contributed by atoms with E-state index in [2.05, 4.69) is 0 Å². The summed E-state index contributed by atoms with van der Waals surface area (Å²) in [7, 11) is -1.59. The Morgan fingerprint density at radius 3 is 2.65 bits per heavy atom. The predicted molar refractivity (Wildman–Crippen MR) is 72.7 cm³/mol. The maximum atomic E-state index is 12.2. The van der Waals surface area contributed by atoms with Gasteiger partial charge in [0.25, 0.3) is 0 Å². The van der Waals surface area contributed by atoms with Crippen molar-refractivity contribution in [1.82, 2.24) is 4.90 Å². The minimum absolute atomic E-state index is 0.0410. The second kappa shape index (κ2) is 6.11. The number of likely N-dealkylation sites (tertiary alicyclic amines) is 1. The van der Waals surface area contributed by atoms with Gasteiger partial charge in [-0.05, 0) is 25.2 Å². The molecule has 7 heteroatoms. The topological polar surface area (TPSA) is 80.8 Å². The van der Waals surface area contributed by atoms with Crippen LogP contribution in [0.1, 0.15) is 25.7 Å². The van der Waals surface area contributed by atoms with Gasteiger partial charge in [-0.2, -0.15) is 0 Å². The van der Waals surface area contributed by atoms with Gasteiger partial charge in [0.2, 0.25) is 5.91 Å². The molecule has 0 spiro atoms. The highest BCUT2D eigenvalue weighted by Crippen LogP contribution is 2.24. The molecular formula is C13H21NO5S. The number of amides is 1. The third kappa shape index (κ3) is 3.71. The van der Waals surface area contributed by atoms with Crippen LogP contribution in [0.5, 0.6) is 0 Å². The summed E-state index contributed by atoms with van der Waals surface area (Å²) < 4.78 is 27.5. The van der Waals surface area contributed by atoms with Crippen LogP contribution in [-0.2, 0) is 24.2 Å². The van der Waals surface area contributed by atoms with Gasteiger partial charge in [0.05, 0.1) is 24.5 Å². The van der Waals surface area contributed by atoms with Gasteiger partial charge < -0.3 is 9.64 Å². The number of rotatable bonds is 3. The summed E-state index contributed by atoms with van der Waals surface area (Å²) in [4.78, 5) is 25.4. The fourth-order valence-corrected chi connectivity index (χ4v) is 4.83. The molecule has 114 valence electrons. The first-order valence-electron chi connectivity index (χ1n) is 6.97. The number of carbonyl (C=O) groups is 2. The monoisotopic (exact) mass is 303 g/mol. The van der Waals surface area contributed by atoms with E-state index < -0.39 is 9.84 Å². The maximum absolute atomic E-state index is 12.2. The molecule has 0 aromatic rings. The zero-order chi connectivity index (χ0) is 14.8. The molecule has 2 atom stereocenters. The Bertz CT molecular complexity index is 487. The van der Waals surface area contributed by atoms with Gasteiger partial charge >= 0.3 is 5.97 Å². The van der Waals surface area contributed by atoms with E-state index in [1.54, 1.807) is 4.90 Å². The minimum Gasteiger partial charge on any atom is -0.469 e. The number of ether oxygens (including phenoxy) is 1. The molecule has 0 aliphatic carbocycles. The molecule has 1 unspecified atom stereocenters. The Labute approximate surface area is 119 Å². The molecule has 1 amide bonds. The largest absolute Gasteiger partial charge is 0.469 e. The molecule has 0 bridgehead atoms. The van der Waals surface area contributed by atoms with Gasteiger partial charge in [0, 0.05) is 19.5 Å². The molecular weight excluding hydrogens is 282 g/mol. The van der Waals surface area contributed by atoms with E-state index in [1.807, 2.05) is 0 Å². The van der Waals surface area contributed by atoms with Crippen LogP contribution in [0.3, 0.4) is 0 Å². The molecule has 6 nitrogen and oxygen atoms in total. The van der Waals surface area contributed by atoms with E-state index in [4.69, 9.17) is 4.74 Å². The number of esters is 1. The highest BCUT2D eigenvalue weighted by Gasteiger charge is 2.33. The summed E-state index contributed by atoms with van der Waals surface area (Å²) in [6.45, 7) is 1.04. The molecule has 0 aromatic heterocycles. The quantitative estimate of drug-likeness (QED) is 0.697. The van der Waals surface area contributed by atoms with Gasteiger partial charge in [-0.25, -0.2) is 8.42 Å². The average molecular weight is 303 g/mol. The van der Waals surface area contributed by atoms with Crippen LogP contribution in [-0.4, -0.2) is 56.9 Å². The molecule has 2 aliphatic rings. The van der Waals surface area contributed by atoms with E-state index in [9.17, 15) is 18.0 Å². The van der Waals surface area contributed by atoms with Crippen LogP contribution >= 0.6 is 0 Å². The zero-order valence-corrected chi connectivity index (χ0v) is 12.5. The summed E-state index contributed by atoms with van der Waals surface area (Å²) in [5, 5.41) is 0. The first-order chi connectivity index (χ1) is 9.41. The first kappa shape index (κ1) is 15.3. The Hall–Kier alpha value is -1.11. The van der Waals surface area contributed by atoms with Crippen molar-refractivity contribution in [1.29, 1.82) is 0 Å². The van der Waals surface area contributed by atoms with Crippen molar-refractivity contribution in [2.75, 3.05) is 31.7 Å². The molecule has 2 heterocycles. The summed E-state index contributed by atoms with van der Waals surface area (Å²) in [5.74, 6) is -0.314. The SMILES string of the molecule is COC(=O)[C@H]1CCCN(C(=O)CC2CCS(=O)(=O)C2)C1. The summed E-state index contributed by atoms with van der Waals surface area (Å²) >= 11 is 0. The van der Waals surface area contributed by atoms with Crippen molar-refractivity contribution in [2.45, 2.75) is 25.7 Å². The fraction of sp³-hybridized carbons (Fsp3) is 0.846. The van der Waals surface area contributed by atoms with Gasteiger partial charge in [-0.3, -0.25) is 9.59 Å². The third-order valence-electron chi connectivity index (χ3n) is 4.10. The molecule has 2 saturated heterocycles. The van der Waals surface area contributed by atoms with Gasteiger partial charge in [0.1, 0.15) is 0 Å². The number of hydrogen-bond acceptors (Lipinski definition) is 5. The van der Waals surface area contributed by atoms with E-state index in [0.717, 1.165) is 12.8 Å². The second-order valence-electron chi connectivity index (χ2n) is 5.68. The van der Waals surface area contributed by atoms with Crippen molar-refractivity contribution >= 4 is 21.7 Å². The molecule has 0 radical (unpaired) electrons. The van der Waals surface area contributed by atoms with Crippen LogP contribution < -0.4 is 0 Å². The van der Waals surface area contributed by atoms with Crippen molar-refractivity contribution in [2.24, 2.45) is 11.8 Å². The van der Waals surface area contributed by atoms with Crippen molar-refractivity contribution in [3.63, 3.8) is 0 Å². The van der Waals surface area contributed by atoms with Gasteiger partial charge in [-0.15, -0.1) is 0 Å². The average Bonchev–Trinajstić information content (AvgIpc) is 2.77. The Kier molecular flexibility index (Phi) is 4.67. The lowest BCUT2D eigenvalue weighted by molar-refractivity contribution is -0.149. The molecule has 0 N–H and O–H groups in total. The lowest BCUT2D eigenvalue weighted by atomic mass is 9.96. The number of nitrogens with zero attached hydrogens (tertiary/aromatic N) is 1. The lowest BCUT2D eigenvalue weighted by Crippen LogP contribution is -2.43. The summed E-state index contributed by atoms with van der Waals surface area (Å²) in [6, 6.07) is 0. The normalized spacial score (nSPS) is 29.1. The van der Waals surface area contributed by atoms with Crippen molar-refractivity contribution < 1.29 is 22.7 Å². The maximum Gasteiger partial charge on any atom is 0.310 e. The standard InChI is InChI=1S/C13H21NO5S/c1-19-13(16)11-3-2-5-14(8-11)12(15)7-10-4-6-20(17,18)9-10/h10-11H,2-9H2,1H3/t10?,11-/m0/s1. The van der Waals surface area contributed by atoms with Crippen LogP contribution in [0.25, 0.3) is 0 Å².